The molecule has 1 amide bonds. The van der Waals surface area contributed by atoms with Gasteiger partial charge in [0.2, 0.25) is 0 Å². The van der Waals surface area contributed by atoms with Crippen molar-refractivity contribution < 1.29 is 28.9 Å². The fourth-order valence-corrected chi connectivity index (χ4v) is 4.99. The molecule has 1 fully saturated rings. The fourth-order valence-electron chi connectivity index (χ4n) is 4.99. The number of Topliss-reactive ketones (excluding diaryl/α,β-unsaturated/α-hetero) is 1. The number of hydrogen-bond donors (Lipinski definition) is 1. The molecule has 2 heterocycles. The Bertz CT molecular complexity index is 1200. The zero-order valence-corrected chi connectivity index (χ0v) is 23.4. The van der Waals surface area contributed by atoms with Crippen LogP contribution in [-0.2, 0) is 9.59 Å². The van der Waals surface area contributed by atoms with E-state index in [1.807, 2.05) is 24.3 Å². The Morgan fingerprint density at radius 3 is 2.54 bits per heavy atom. The predicted octanol–water partition coefficient (Wildman–Crippen LogP) is 5.04. The molecule has 8 heteroatoms. The number of amides is 1. The number of carbonyl (C=O) groups is 2. The Hall–Kier alpha value is -3.52. The van der Waals surface area contributed by atoms with Crippen molar-refractivity contribution in [2.75, 3.05) is 46.0 Å². The van der Waals surface area contributed by atoms with Crippen molar-refractivity contribution in [3.05, 3.63) is 59.2 Å². The summed E-state index contributed by atoms with van der Waals surface area (Å²) in [6.45, 7) is 12.9. The van der Waals surface area contributed by atoms with Crippen molar-refractivity contribution in [3.63, 3.8) is 0 Å². The molecular formula is C31H40N2O6. The fraction of sp³-hybridized carbons (Fsp3) is 0.484. The number of nitrogens with zero attached hydrogens (tertiary/aromatic N) is 2. The molecule has 1 unspecified atom stereocenters. The lowest BCUT2D eigenvalue weighted by atomic mass is 9.95. The van der Waals surface area contributed by atoms with E-state index in [0.29, 0.717) is 61.5 Å². The Morgan fingerprint density at radius 2 is 1.82 bits per heavy atom. The van der Waals surface area contributed by atoms with Crippen molar-refractivity contribution in [1.29, 1.82) is 0 Å². The number of ether oxygens (including phenoxy) is 3. The van der Waals surface area contributed by atoms with Gasteiger partial charge in [0, 0.05) is 12.1 Å². The molecule has 39 heavy (non-hydrogen) atoms. The first-order chi connectivity index (χ1) is 18.8. The molecule has 1 N–H and O–H groups in total. The minimum absolute atomic E-state index is 0.0684. The van der Waals surface area contributed by atoms with E-state index in [1.165, 1.54) is 0 Å². The van der Waals surface area contributed by atoms with Gasteiger partial charge in [0.15, 0.2) is 11.5 Å². The van der Waals surface area contributed by atoms with Crippen LogP contribution in [0.3, 0.4) is 0 Å². The topological polar surface area (TPSA) is 88.5 Å². The van der Waals surface area contributed by atoms with Gasteiger partial charge in [-0.2, -0.15) is 0 Å². The molecule has 210 valence electrons. The molecular weight excluding hydrogens is 496 g/mol. The number of likely N-dealkylation sites (tertiary alicyclic amines) is 1. The summed E-state index contributed by atoms with van der Waals surface area (Å²) in [4.78, 5) is 30.7. The van der Waals surface area contributed by atoms with Crippen molar-refractivity contribution in [2.24, 2.45) is 5.92 Å². The van der Waals surface area contributed by atoms with Crippen molar-refractivity contribution in [1.82, 2.24) is 9.80 Å². The summed E-state index contributed by atoms with van der Waals surface area (Å²) >= 11 is 0. The van der Waals surface area contributed by atoms with Crippen LogP contribution in [0.5, 0.6) is 17.2 Å². The summed E-state index contributed by atoms with van der Waals surface area (Å²) in [5, 5.41) is 11.5. The number of aliphatic hydroxyl groups excluding tert-OH is 1. The highest BCUT2D eigenvalue weighted by atomic mass is 16.6. The molecule has 1 saturated heterocycles. The monoisotopic (exact) mass is 536 g/mol. The Kier molecular flexibility index (Phi) is 9.51. The Labute approximate surface area is 231 Å². The highest BCUT2D eigenvalue weighted by Gasteiger charge is 2.46. The van der Waals surface area contributed by atoms with Crippen LogP contribution >= 0.6 is 0 Å². The third-order valence-corrected chi connectivity index (χ3v) is 7.26. The minimum Gasteiger partial charge on any atom is -0.507 e. The van der Waals surface area contributed by atoms with Crippen LogP contribution in [-0.4, -0.2) is 72.6 Å². The molecule has 0 aliphatic carbocycles. The van der Waals surface area contributed by atoms with Crippen molar-refractivity contribution in [2.45, 2.75) is 46.6 Å². The maximum Gasteiger partial charge on any atom is 0.295 e. The van der Waals surface area contributed by atoms with E-state index in [0.717, 1.165) is 31.6 Å². The first-order valence-electron chi connectivity index (χ1n) is 14.0. The highest BCUT2D eigenvalue weighted by molar-refractivity contribution is 6.46. The summed E-state index contributed by atoms with van der Waals surface area (Å²) in [7, 11) is 0. The van der Waals surface area contributed by atoms with E-state index in [9.17, 15) is 14.7 Å². The predicted molar refractivity (Wildman–Crippen MR) is 150 cm³/mol. The van der Waals surface area contributed by atoms with Crippen LogP contribution in [0.1, 0.15) is 57.7 Å². The third-order valence-electron chi connectivity index (χ3n) is 7.26. The van der Waals surface area contributed by atoms with Gasteiger partial charge in [-0.15, -0.1) is 0 Å². The molecule has 0 radical (unpaired) electrons. The van der Waals surface area contributed by atoms with Gasteiger partial charge in [0.05, 0.1) is 18.2 Å². The van der Waals surface area contributed by atoms with Gasteiger partial charge in [-0.05, 0) is 74.3 Å². The number of hydrogen-bond acceptors (Lipinski definition) is 7. The van der Waals surface area contributed by atoms with Gasteiger partial charge in [0.1, 0.15) is 24.7 Å². The van der Waals surface area contributed by atoms with E-state index in [2.05, 4.69) is 32.6 Å². The lowest BCUT2D eigenvalue weighted by Crippen LogP contribution is -2.33. The number of fused-ring (bicyclic) bond motifs is 1. The second-order valence-electron chi connectivity index (χ2n) is 10.3. The lowest BCUT2D eigenvalue weighted by molar-refractivity contribution is -0.140. The van der Waals surface area contributed by atoms with Crippen LogP contribution < -0.4 is 14.2 Å². The normalized spacial score (nSPS) is 18.3. The second kappa shape index (κ2) is 13.0. The van der Waals surface area contributed by atoms with Crippen LogP contribution in [0.25, 0.3) is 5.76 Å². The Balaban J connectivity index is 1.71. The van der Waals surface area contributed by atoms with Crippen molar-refractivity contribution >= 4 is 17.4 Å². The summed E-state index contributed by atoms with van der Waals surface area (Å²) < 4.78 is 17.3. The Morgan fingerprint density at radius 1 is 1.08 bits per heavy atom. The molecule has 1 atom stereocenters. The van der Waals surface area contributed by atoms with Crippen LogP contribution in [0, 0.1) is 5.92 Å². The number of ketones is 1. The molecule has 0 spiro atoms. The average Bonchev–Trinajstić information content (AvgIpc) is 3.19. The SMILES string of the molecule is CCN(CC)CCCN1C(=O)C(=O)/C(=C(\O)c2ccc3c(c2)OCCO3)C1c1cccc(OCCC(C)C)c1. The van der Waals surface area contributed by atoms with E-state index >= 15 is 0 Å². The smallest absolute Gasteiger partial charge is 0.295 e. The zero-order chi connectivity index (χ0) is 27.9. The minimum atomic E-state index is -0.733. The van der Waals surface area contributed by atoms with Gasteiger partial charge in [-0.25, -0.2) is 0 Å². The first kappa shape index (κ1) is 28.5. The van der Waals surface area contributed by atoms with E-state index in [4.69, 9.17) is 14.2 Å². The van der Waals surface area contributed by atoms with E-state index < -0.39 is 17.7 Å². The molecule has 8 nitrogen and oxygen atoms in total. The van der Waals surface area contributed by atoms with Crippen LogP contribution in [0.4, 0.5) is 0 Å². The molecule has 2 aromatic carbocycles. The summed E-state index contributed by atoms with van der Waals surface area (Å²) in [6, 6.07) is 11.8. The summed E-state index contributed by atoms with van der Waals surface area (Å²) in [6.07, 6.45) is 1.62. The van der Waals surface area contributed by atoms with Gasteiger partial charge in [-0.1, -0.05) is 39.8 Å². The quantitative estimate of drug-likeness (QED) is 0.231. The molecule has 0 bridgehead atoms. The zero-order valence-electron chi connectivity index (χ0n) is 23.4. The number of benzene rings is 2. The first-order valence-corrected chi connectivity index (χ1v) is 14.0. The molecule has 0 saturated carbocycles. The van der Waals surface area contributed by atoms with Gasteiger partial charge < -0.3 is 29.1 Å². The second-order valence-corrected chi connectivity index (χ2v) is 10.3. The van der Waals surface area contributed by atoms with E-state index in [1.54, 1.807) is 23.1 Å². The summed E-state index contributed by atoms with van der Waals surface area (Å²) in [5.41, 5.74) is 1.19. The highest BCUT2D eigenvalue weighted by Crippen LogP contribution is 2.41. The summed E-state index contributed by atoms with van der Waals surface area (Å²) in [5.74, 6) is 0.727. The molecule has 4 rings (SSSR count). The van der Waals surface area contributed by atoms with Crippen molar-refractivity contribution in [3.8, 4) is 17.2 Å². The third kappa shape index (κ3) is 6.56. The van der Waals surface area contributed by atoms with Crippen LogP contribution in [0.2, 0.25) is 0 Å². The standard InChI is InChI=1S/C31H40N2O6/c1-5-32(6-2)14-8-15-33-28(22-9-7-10-24(19-22)37-16-13-21(3)4)27(30(35)31(33)36)29(34)23-11-12-25-26(20-23)39-18-17-38-25/h7,9-12,19-21,28,34H,5-6,8,13-18H2,1-4H3/b29-27-. The van der Waals surface area contributed by atoms with Gasteiger partial charge in [-0.3, -0.25) is 9.59 Å². The average molecular weight is 537 g/mol. The maximum atomic E-state index is 13.4. The maximum absolute atomic E-state index is 13.4. The van der Waals surface area contributed by atoms with E-state index in [-0.39, 0.29) is 11.3 Å². The molecule has 2 aliphatic rings. The lowest BCUT2D eigenvalue weighted by Gasteiger charge is -2.27. The largest absolute Gasteiger partial charge is 0.507 e. The van der Waals surface area contributed by atoms with Gasteiger partial charge >= 0.3 is 0 Å². The number of carbonyl (C=O) groups excluding carboxylic acids is 2. The number of rotatable bonds is 12. The molecule has 2 aromatic rings. The van der Waals surface area contributed by atoms with Crippen LogP contribution in [0.15, 0.2) is 48.0 Å². The van der Waals surface area contributed by atoms with Gasteiger partial charge in [0.25, 0.3) is 11.7 Å². The number of aliphatic hydroxyl groups is 1. The molecule has 2 aliphatic heterocycles. The molecule has 0 aromatic heterocycles.